The van der Waals surface area contributed by atoms with Crippen molar-refractivity contribution in [3.05, 3.63) is 22.6 Å². The molecule has 1 aliphatic heterocycles. The van der Waals surface area contributed by atoms with Gasteiger partial charge in [-0.05, 0) is 47.9 Å². The van der Waals surface area contributed by atoms with E-state index < -0.39 is 0 Å². The van der Waals surface area contributed by atoms with Crippen LogP contribution >= 0.6 is 27.5 Å². The van der Waals surface area contributed by atoms with Crippen LogP contribution in [0.3, 0.4) is 0 Å². The quantitative estimate of drug-likeness (QED) is 0.772. The van der Waals surface area contributed by atoms with Crippen molar-refractivity contribution >= 4 is 38.7 Å². The number of likely N-dealkylation sites (tertiary alicyclic amines) is 1. The molecule has 6 heteroatoms. The number of fused-ring (bicyclic) bond motifs is 1. The van der Waals surface area contributed by atoms with Crippen LogP contribution in [-0.2, 0) is 5.88 Å². The number of piperidine rings is 1. The van der Waals surface area contributed by atoms with E-state index in [2.05, 4.69) is 49.3 Å². The Morgan fingerprint density at radius 1 is 1.50 bits per heavy atom. The van der Waals surface area contributed by atoms with Crippen molar-refractivity contribution in [2.24, 2.45) is 5.92 Å². The van der Waals surface area contributed by atoms with Crippen molar-refractivity contribution < 1.29 is 0 Å². The average molecular weight is 358 g/mol. The highest BCUT2D eigenvalue weighted by atomic mass is 79.9. The van der Waals surface area contributed by atoms with Gasteiger partial charge in [-0.2, -0.15) is 0 Å². The average Bonchev–Trinajstić information content (AvgIpc) is 2.76. The molecular weight excluding hydrogens is 340 g/mol. The van der Waals surface area contributed by atoms with Gasteiger partial charge in [0.05, 0.1) is 5.88 Å². The van der Waals surface area contributed by atoms with Crippen LogP contribution in [0.4, 0.5) is 0 Å². The minimum absolute atomic E-state index is 0.424. The lowest BCUT2D eigenvalue weighted by atomic mass is 9.94. The van der Waals surface area contributed by atoms with Gasteiger partial charge in [0.15, 0.2) is 5.65 Å². The highest BCUT2D eigenvalue weighted by Crippen LogP contribution is 2.32. The summed E-state index contributed by atoms with van der Waals surface area (Å²) in [6.07, 6.45) is 2.95. The van der Waals surface area contributed by atoms with Crippen LogP contribution in [0.1, 0.15) is 25.2 Å². The van der Waals surface area contributed by atoms with E-state index in [-0.39, 0.29) is 0 Å². The van der Waals surface area contributed by atoms with Gasteiger partial charge in [0.25, 0.3) is 0 Å². The molecule has 3 heterocycles. The minimum atomic E-state index is 0.424. The Kier molecular flexibility index (Phi) is 4.02. The Bertz CT molecular complexity index is 627. The topological polar surface area (TPSA) is 34.0 Å². The lowest BCUT2D eigenvalue weighted by molar-refractivity contribution is 0.159. The van der Waals surface area contributed by atoms with Gasteiger partial charge in [0.2, 0.25) is 0 Å². The molecule has 0 bridgehead atoms. The van der Waals surface area contributed by atoms with Crippen molar-refractivity contribution in [3.8, 4) is 0 Å². The van der Waals surface area contributed by atoms with E-state index in [1.807, 2.05) is 12.3 Å². The van der Waals surface area contributed by atoms with E-state index in [4.69, 9.17) is 11.6 Å². The molecule has 0 saturated carbocycles. The fourth-order valence-electron chi connectivity index (χ4n) is 3.17. The Morgan fingerprint density at radius 3 is 3.00 bits per heavy atom. The molecule has 0 spiro atoms. The van der Waals surface area contributed by atoms with E-state index in [1.165, 1.54) is 0 Å². The summed E-state index contributed by atoms with van der Waals surface area (Å²) < 4.78 is 3.21. The first-order chi connectivity index (χ1) is 9.60. The van der Waals surface area contributed by atoms with Gasteiger partial charge in [-0.1, -0.05) is 6.92 Å². The SMILES string of the molecule is CC1CN(C)CCC1n1c(CCl)nc2cc(Br)cnc21. The monoisotopic (exact) mass is 356 g/mol. The third-order valence-corrected chi connectivity index (χ3v) is 4.76. The van der Waals surface area contributed by atoms with Gasteiger partial charge >= 0.3 is 0 Å². The van der Waals surface area contributed by atoms with Gasteiger partial charge in [0.1, 0.15) is 11.3 Å². The molecule has 1 saturated heterocycles. The molecule has 4 nitrogen and oxygen atoms in total. The summed E-state index contributed by atoms with van der Waals surface area (Å²) in [5, 5.41) is 0. The molecule has 108 valence electrons. The summed E-state index contributed by atoms with van der Waals surface area (Å²) in [7, 11) is 2.18. The largest absolute Gasteiger partial charge is 0.308 e. The summed E-state index contributed by atoms with van der Waals surface area (Å²) in [5.41, 5.74) is 1.87. The summed E-state index contributed by atoms with van der Waals surface area (Å²) in [4.78, 5) is 11.6. The van der Waals surface area contributed by atoms with Crippen LogP contribution in [0.15, 0.2) is 16.7 Å². The third kappa shape index (κ3) is 2.47. The van der Waals surface area contributed by atoms with Crippen LogP contribution in [0, 0.1) is 5.92 Å². The number of rotatable bonds is 2. The van der Waals surface area contributed by atoms with Crippen LogP contribution < -0.4 is 0 Å². The smallest absolute Gasteiger partial charge is 0.160 e. The number of aromatic nitrogens is 3. The normalized spacial score (nSPS) is 24.4. The first-order valence-electron chi connectivity index (χ1n) is 6.87. The van der Waals surface area contributed by atoms with E-state index in [1.54, 1.807) is 0 Å². The summed E-state index contributed by atoms with van der Waals surface area (Å²) in [6, 6.07) is 2.44. The van der Waals surface area contributed by atoms with Crippen LogP contribution in [0.25, 0.3) is 11.2 Å². The van der Waals surface area contributed by atoms with Crippen molar-refractivity contribution in [2.45, 2.75) is 25.3 Å². The number of nitrogens with zero attached hydrogens (tertiary/aromatic N) is 4. The van der Waals surface area contributed by atoms with Crippen LogP contribution in [0.2, 0.25) is 0 Å². The zero-order valence-corrected chi connectivity index (χ0v) is 14.0. The number of hydrogen-bond donors (Lipinski definition) is 0. The van der Waals surface area contributed by atoms with E-state index in [0.29, 0.717) is 17.8 Å². The standard InChI is InChI=1S/C14H18BrClN4/c1-9-8-19(2)4-3-12(9)20-13(6-16)18-11-5-10(15)7-17-14(11)20/h5,7,9,12H,3-4,6,8H2,1-2H3. The second-order valence-electron chi connectivity index (χ2n) is 5.62. The first kappa shape index (κ1) is 14.3. The van der Waals surface area contributed by atoms with Gasteiger partial charge in [-0.15, -0.1) is 11.6 Å². The maximum Gasteiger partial charge on any atom is 0.160 e. The molecule has 0 aliphatic carbocycles. The van der Waals surface area contributed by atoms with E-state index >= 15 is 0 Å². The molecule has 0 amide bonds. The molecule has 2 aromatic heterocycles. The first-order valence-corrected chi connectivity index (χ1v) is 8.19. The van der Waals surface area contributed by atoms with Crippen molar-refractivity contribution in [1.82, 2.24) is 19.4 Å². The predicted molar refractivity (Wildman–Crippen MR) is 85.1 cm³/mol. The van der Waals surface area contributed by atoms with Gasteiger partial charge in [0, 0.05) is 23.3 Å². The van der Waals surface area contributed by atoms with E-state index in [0.717, 1.165) is 41.0 Å². The number of imidazole rings is 1. The highest BCUT2D eigenvalue weighted by Gasteiger charge is 2.29. The molecule has 1 fully saturated rings. The molecular formula is C14H18BrClN4. The molecule has 2 atom stereocenters. The highest BCUT2D eigenvalue weighted by molar-refractivity contribution is 9.10. The second kappa shape index (κ2) is 5.62. The van der Waals surface area contributed by atoms with Crippen LogP contribution in [-0.4, -0.2) is 39.6 Å². The summed E-state index contributed by atoms with van der Waals surface area (Å²) >= 11 is 9.56. The van der Waals surface area contributed by atoms with Crippen molar-refractivity contribution in [2.75, 3.05) is 20.1 Å². The van der Waals surface area contributed by atoms with Crippen LogP contribution in [0.5, 0.6) is 0 Å². The molecule has 20 heavy (non-hydrogen) atoms. The van der Waals surface area contributed by atoms with Gasteiger partial charge in [-0.25, -0.2) is 9.97 Å². The second-order valence-corrected chi connectivity index (χ2v) is 6.81. The molecule has 0 N–H and O–H groups in total. The molecule has 0 aromatic carbocycles. The summed E-state index contributed by atoms with van der Waals surface area (Å²) in [5.74, 6) is 1.92. The number of pyridine rings is 1. The Balaban J connectivity index is 2.09. The van der Waals surface area contributed by atoms with Crippen molar-refractivity contribution in [1.29, 1.82) is 0 Å². The maximum atomic E-state index is 6.11. The lowest BCUT2D eigenvalue weighted by Gasteiger charge is -2.36. The third-order valence-electron chi connectivity index (χ3n) is 4.08. The fourth-order valence-corrected chi connectivity index (χ4v) is 3.68. The number of halogens is 2. The number of hydrogen-bond acceptors (Lipinski definition) is 3. The van der Waals surface area contributed by atoms with Gasteiger partial charge in [-0.3, -0.25) is 0 Å². The van der Waals surface area contributed by atoms with Gasteiger partial charge < -0.3 is 9.47 Å². The molecule has 2 unspecified atom stereocenters. The maximum absolute atomic E-state index is 6.11. The van der Waals surface area contributed by atoms with Crippen molar-refractivity contribution in [3.63, 3.8) is 0 Å². The minimum Gasteiger partial charge on any atom is -0.308 e. The Morgan fingerprint density at radius 2 is 2.30 bits per heavy atom. The Hall–Kier alpha value is -0.650. The summed E-state index contributed by atoms with van der Waals surface area (Å²) in [6.45, 7) is 4.50. The Labute approximate surface area is 132 Å². The molecule has 1 aliphatic rings. The predicted octanol–water partition coefficient (Wildman–Crippen LogP) is 3.45. The molecule has 0 radical (unpaired) electrons. The van der Waals surface area contributed by atoms with E-state index in [9.17, 15) is 0 Å². The lowest BCUT2D eigenvalue weighted by Crippen LogP contribution is -2.38. The zero-order chi connectivity index (χ0) is 14.3. The molecule has 3 rings (SSSR count). The zero-order valence-electron chi connectivity index (χ0n) is 11.7. The molecule has 2 aromatic rings. The fraction of sp³-hybridized carbons (Fsp3) is 0.571. The number of alkyl halides is 1.